The normalized spacial score (nSPS) is 12.5. The van der Waals surface area contributed by atoms with Gasteiger partial charge in [0.1, 0.15) is 0 Å². The van der Waals surface area contributed by atoms with Crippen molar-refractivity contribution in [2.24, 2.45) is 11.8 Å². The highest BCUT2D eigenvalue weighted by Gasteiger charge is 2.18. The van der Waals surface area contributed by atoms with Gasteiger partial charge in [-0.25, -0.2) is 0 Å². The molecule has 1 unspecified atom stereocenters. The Labute approximate surface area is 182 Å². The van der Waals surface area contributed by atoms with Crippen molar-refractivity contribution in [2.45, 2.75) is 142 Å². The summed E-state index contributed by atoms with van der Waals surface area (Å²) < 4.78 is 0. The largest absolute Gasteiger partial charge is 0.373 e. The lowest BCUT2D eigenvalue weighted by atomic mass is 9.94. The van der Waals surface area contributed by atoms with Gasteiger partial charge in [0.05, 0.1) is 5.92 Å². The fourth-order valence-electron chi connectivity index (χ4n) is 3.93. The Morgan fingerprint density at radius 1 is 0.655 bits per heavy atom. The van der Waals surface area contributed by atoms with Gasteiger partial charge in [0.2, 0.25) is 0 Å². The fraction of sp³-hybridized carbons (Fsp3) is 0.885. The Morgan fingerprint density at radius 3 is 1.45 bits per heavy atom. The van der Waals surface area contributed by atoms with Crippen LogP contribution in [0.5, 0.6) is 0 Å². The third-order valence-electron chi connectivity index (χ3n) is 5.92. The Balaban J connectivity index is 3.59. The van der Waals surface area contributed by atoms with E-state index >= 15 is 0 Å². The number of nitrogens with two attached hydrogens (primary N) is 1. The molecule has 0 spiro atoms. The zero-order valence-corrected chi connectivity index (χ0v) is 19.8. The Hall–Kier alpha value is -0.830. The maximum absolute atomic E-state index is 11.9. The molecule has 0 aliphatic carbocycles. The molecule has 29 heavy (non-hydrogen) atoms. The number of rotatable bonds is 22. The highest BCUT2D eigenvalue weighted by molar-refractivity contribution is 5.71. The van der Waals surface area contributed by atoms with Gasteiger partial charge in [0.15, 0.2) is 0 Å². The highest BCUT2D eigenvalue weighted by atomic mass is 16.7. The van der Waals surface area contributed by atoms with Crippen LogP contribution in [-0.4, -0.2) is 5.97 Å². The van der Waals surface area contributed by atoms with Crippen LogP contribution in [0.4, 0.5) is 0 Å². The van der Waals surface area contributed by atoms with Crippen molar-refractivity contribution in [3.05, 3.63) is 12.2 Å². The van der Waals surface area contributed by atoms with Crippen molar-refractivity contribution in [2.75, 3.05) is 0 Å². The highest BCUT2D eigenvalue weighted by Crippen LogP contribution is 2.20. The van der Waals surface area contributed by atoms with Crippen molar-refractivity contribution in [1.29, 1.82) is 0 Å². The molecule has 0 fully saturated rings. The average molecular weight is 410 g/mol. The lowest BCUT2D eigenvalue weighted by molar-refractivity contribution is -0.149. The van der Waals surface area contributed by atoms with E-state index in [1.807, 2.05) is 0 Å². The van der Waals surface area contributed by atoms with Crippen LogP contribution in [0.2, 0.25) is 0 Å². The van der Waals surface area contributed by atoms with Gasteiger partial charge in [-0.05, 0) is 38.5 Å². The summed E-state index contributed by atoms with van der Waals surface area (Å²) in [5, 5.41) is 0. The van der Waals surface area contributed by atoms with Crippen LogP contribution in [0.3, 0.4) is 0 Å². The number of carbonyl (C=O) groups is 1. The summed E-state index contributed by atoms with van der Waals surface area (Å²) in [7, 11) is 0. The topological polar surface area (TPSA) is 52.3 Å². The van der Waals surface area contributed by atoms with E-state index in [0.29, 0.717) is 0 Å². The van der Waals surface area contributed by atoms with Crippen LogP contribution in [0.15, 0.2) is 12.2 Å². The molecular weight excluding hydrogens is 358 g/mol. The SMILES string of the molecule is CCCCCCCC/C=C\CCCCCCC(CCCCCCCC)C(=O)ON. The summed E-state index contributed by atoms with van der Waals surface area (Å²) in [5.74, 6) is 4.93. The molecule has 0 aliphatic heterocycles. The third-order valence-corrected chi connectivity index (χ3v) is 5.92. The molecule has 172 valence electrons. The van der Waals surface area contributed by atoms with Crippen LogP contribution < -0.4 is 5.90 Å². The van der Waals surface area contributed by atoms with E-state index in [0.717, 1.165) is 25.7 Å². The van der Waals surface area contributed by atoms with E-state index in [2.05, 4.69) is 30.8 Å². The summed E-state index contributed by atoms with van der Waals surface area (Å²) in [6, 6.07) is 0. The van der Waals surface area contributed by atoms with Crippen LogP contribution >= 0.6 is 0 Å². The van der Waals surface area contributed by atoms with E-state index in [-0.39, 0.29) is 11.9 Å². The second-order valence-corrected chi connectivity index (χ2v) is 8.71. The lowest BCUT2D eigenvalue weighted by Crippen LogP contribution is -2.21. The van der Waals surface area contributed by atoms with Crippen LogP contribution in [0.1, 0.15) is 142 Å². The van der Waals surface area contributed by atoms with Crippen LogP contribution in [0.25, 0.3) is 0 Å². The molecule has 0 bridgehead atoms. The molecule has 0 saturated heterocycles. The van der Waals surface area contributed by atoms with E-state index in [1.54, 1.807) is 0 Å². The average Bonchev–Trinajstić information content (AvgIpc) is 2.74. The minimum Gasteiger partial charge on any atom is -0.373 e. The van der Waals surface area contributed by atoms with Gasteiger partial charge in [-0.3, -0.25) is 4.79 Å². The smallest absolute Gasteiger partial charge is 0.327 e. The third kappa shape index (κ3) is 20.2. The second-order valence-electron chi connectivity index (χ2n) is 8.71. The summed E-state index contributed by atoms with van der Waals surface area (Å²) >= 11 is 0. The first kappa shape index (κ1) is 28.2. The molecule has 0 aliphatic rings. The molecule has 1 atom stereocenters. The lowest BCUT2D eigenvalue weighted by Gasteiger charge is -2.13. The van der Waals surface area contributed by atoms with Crippen LogP contribution in [-0.2, 0) is 9.63 Å². The summed E-state index contributed by atoms with van der Waals surface area (Å²) in [6.45, 7) is 4.51. The molecular formula is C26H51NO2. The standard InChI is InChI=1S/C26H51NO2/c1-3-5-7-9-11-12-13-14-15-16-17-18-20-22-24-25(26(28)29-27)23-21-19-10-8-6-4-2/h14-15,25H,3-13,16-24,27H2,1-2H3/b15-14-. The monoisotopic (exact) mass is 409 g/mol. The number of carbonyl (C=O) groups excluding carboxylic acids is 1. The van der Waals surface area contributed by atoms with Gasteiger partial charge < -0.3 is 4.84 Å². The first-order valence-corrected chi connectivity index (χ1v) is 12.8. The first-order chi connectivity index (χ1) is 14.3. The van der Waals surface area contributed by atoms with E-state index in [4.69, 9.17) is 5.90 Å². The zero-order valence-electron chi connectivity index (χ0n) is 19.8. The molecule has 0 amide bonds. The Bertz CT molecular complexity index is 368. The van der Waals surface area contributed by atoms with Crippen LogP contribution in [0, 0.1) is 5.92 Å². The fourth-order valence-corrected chi connectivity index (χ4v) is 3.93. The zero-order chi connectivity index (χ0) is 21.4. The van der Waals surface area contributed by atoms with Gasteiger partial charge in [0.25, 0.3) is 0 Å². The molecule has 0 saturated carbocycles. The van der Waals surface area contributed by atoms with Gasteiger partial charge >= 0.3 is 5.97 Å². The van der Waals surface area contributed by atoms with Gasteiger partial charge in [-0.15, -0.1) is 0 Å². The van der Waals surface area contributed by atoms with Crippen molar-refractivity contribution in [1.82, 2.24) is 0 Å². The number of unbranched alkanes of at least 4 members (excludes halogenated alkanes) is 15. The number of hydrogen-bond donors (Lipinski definition) is 1. The molecule has 0 heterocycles. The molecule has 3 heteroatoms. The Kier molecular flexibility index (Phi) is 22.8. The minimum atomic E-state index is -0.212. The first-order valence-electron chi connectivity index (χ1n) is 12.8. The van der Waals surface area contributed by atoms with Gasteiger partial charge in [0, 0.05) is 0 Å². The summed E-state index contributed by atoms with van der Waals surface area (Å²) in [4.78, 5) is 16.4. The summed E-state index contributed by atoms with van der Waals surface area (Å²) in [5.41, 5.74) is 0. The summed E-state index contributed by atoms with van der Waals surface area (Å²) in [6.07, 6.45) is 29.7. The van der Waals surface area contributed by atoms with Crippen molar-refractivity contribution in [3.63, 3.8) is 0 Å². The molecule has 3 nitrogen and oxygen atoms in total. The van der Waals surface area contributed by atoms with Gasteiger partial charge in [-0.2, -0.15) is 5.90 Å². The molecule has 0 aromatic rings. The predicted molar refractivity (Wildman–Crippen MR) is 127 cm³/mol. The maximum atomic E-state index is 11.9. The van der Waals surface area contributed by atoms with E-state index in [9.17, 15) is 4.79 Å². The van der Waals surface area contributed by atoms with E-state index < -0.39 is 0 Å². The molecule has 0 aromatic heterocycles. The Morgan fingerprint density at radius 2 is 1.03 bits per heavy atom. The maximum Gasteiger partial charge on any atom is 0.327 e. The van der Waals surface area contributed by atoms with Crippen molar-refractivity contribution in [3.8, 4) is 0 Å². The van der Waals surface area contributed by atoms with Crippen molar-refractivity contribution >= 4 is 5.97 Å². The number of hydrogen-bond acceptors (Lipinski definition) is 3. The minimum absolute atomic E-state index is 0.00315. The quantitative estimate of drug-likeness (QED) is 0.111. The molecule has 0 radical (unpaired) electrons. The number of allylic oxidation sites excluding steroid dienone is 2. The predicted octanol–water partition coefficient (Wildman–Crippen LogP) is 8.42. The van der Waals surface area contributed by atoms with E-state index in [1.165, 1.54) is 103 Å². The van der Waals surface area contributed by atoms with Gasteiger partial charge in [-0.1, -0.05) is 116 Å². The molecule has 2 N–H and O–H groups in total. The molecule has 0 rings (SSSR count). The second kappa shape index (κ2) is 23.4. The molecule has 0 aromatic carbocycles. The van der Waals surface area contributed by atoms with Crippen molar-refractivity contribution < 1.29 is 9.63 Å².